The van der Waals surface area contributed by atoms with E-state index in [1.54, 1.807) is 0 Å². The Morgan fingerprint density at radius 3 is 1.53 bits per heavy atom. The lowest BCUT2D eigenvalue weighted by molar-refractivity contribution is 0.663. The normalized spacial score (nSPS) is 13.0. The zero-order chi connectivity index (χ0) is 47.7. The minimum atomic E-state index is -0.153. The van der Waals surface area contributed by atoms with Gasteiger partial charge >= 0.3 is 0 Å². The van der Waals surface area contributed by atoms with Gasteiger partial charge in [-0.1, -0.05) is 190 Å². The molecule has 1 heterocycles. The van der Waals surface area contributed by atoms with Crippen LogP contribution in [-0.2, 0) is 5.41 Å². The van der Waals surface area contributed by atoms with Crippen molar-refractivity contribution < 1.29 is 4.42 Å². The van der Waals surface area contributed by atoms with Gasteiger partial charge in [0.1, 0.15) is 5.58 Å². The van der Waals surface area contributed by atoms with Crippen LogP contribution in [0.5, 0.6) is 0 Å². The van der Waals surface area contributed by atoms with Gasteiger partial charge < -0.3 is 14.2 Å². The molecule has 14 aromatic rings. The van der Waals surface area contributed by atoms with Crippen molar-refractivity contribution in [1.29, 1.82) is 0 Å². The van der Waals surface area contributed by atoms with Crippen LogP contribution in [0, 0.1) is 0 Å². The summed E-state index contributed by atoms with van der Waals surface area (Å²) in [5.74, 6) is 0. The van der Waals surface area contributed by atoms with Crippen LogP contribution in [0.25, 0.3) is 98.1 Å². The lowest BCUT2D eigenvalue weighted by Crippen LogP contribution is -2.17. The fourth-order valence-electron chi connectivity index (χ4n) is 12.3. The molecule has 338 valence electrons. The first-order valence-corrected chi connectivity index (χ1v) is 25.0. The first-order valence-electron chi connectivity index (χ1n) is 25.0. The summed E-state index contributed by atoms with van der Waals surface area (Å²) in [5, 5.41) is 14.8. The highest BCUT2D eigenvalue weighted by Crippen LogP contribution is 2.53. The molecule has 0 saturated carbocycles. The molecule has 0 unspecified atom stereocenters. The molecule has 1 aliphatic rings. The Labute approximate surface area is 417 Å². The lowest BCUT2D eigenvalue weighted by atomic mass is 9.81. The molecule has 1 aromatic heterocycles. The molecule has 0 radical (unpaired) electrons. The number of furan rings is 1. The number of rotatable bonds is 8. The van der Waals surface area contributed by atoms with E-state index in [4.69, 9.17) is 4.42 Å². The summed E-state index contributed by atoms with van der Waals surface area (Å²) in [6, 6.07) is 89.3. The van der Waals surface area contributed by atoms with Gasteiger partial charge in [-0.05, 0) is 143 Å². The molecular weight excluding hydrogens is 873 g/mol. The van der Waals surface area contributed by atoms with E-state index in [1.165, 1.54) is 59.6 Å². The quantitative estimate of drug-likeness (QED) is 0.142. The zero-order valence-electron chi connectivity index (χ0n) is 39.9. The Morgan fingerprint density at radius 2 is 0.833 bits per heavy atom. The van der Waals surface area contributed by atoms with Gasteiger partial charge in [0.2, 0.25) is 0 Å². The summed E-state index contributed by atoms with van der Waals surface area (Å²) < 4.78 is 6.92. The monoisotopic (exact) mass is 918 g/mol. The van der Waals surface area contributed by atoms with E-state index >= 15 is 0 Å². The molecule has 0 amide bonds. The van der Waals surface area contributed by atoms with Crippen LogP contribution in [0.2, 0.25) is 0 Å². The van der Waals surface area contributed by atoms with Crippen LogP contribution in [0.3, 0.4) is 0 Å². The molecule has 1 aliphatic carbocycles. The number of fused-ring (bicyclic) bond motifs is 3. The van der Waals surface area contributed by atoms with Crippen molar-refractivity contribution in [3.05, 3.63) is 254 Å². The molecule has 72 heavy (non-hydrogen) atoms. The van der Waals surface area contributed by atoms with Crippen LogP contribution < -0.4 is 9.80 Å². The predicted octanol–water partition coefficient (Wildman–Crippen LogP) is 19.7. The maximum Gasteiger partial charge on any atom is 0.159 e. The zero-order valence-corrected chi connectivity index (χ0v) is 39.9. The highest BCUT2D eigenvalue weighted by Gasteiger charge is 2.35. The molecule has 0 spiro atoms. The molecule has 13 aromatic carbocycles. The first kappa shape index (κ1) is 40.7. The van der Waals surface area contributed by atoms with Crippen LogP contribution in [-0.4, -0.2) is 0 Å². The Kier molecular flexibility index (Phi) is 8.71. The average Bonchev–Trinajstić information content (AvgIpc) is 3.93. The minimum absolute atomic E-state index is 0.153. The Morgan fingerprint density at radius 1 is 0.306 bits per heavy atom. The summed E-state index contributed by atoms with van der Waals surface area (Å²) in [4.78, 5) is 4.93. The minimum Gasteiger partial charge on any atom is -0.454 e. The van der Waals surface area contributed by atoms with E-state index in [1.807, 2.05) is 0 Å². The number of hydrogen-bond donors (Lipinski definition) is 0. The van der Waals surface area contributed by atoms with E-state index < -0.39 is 0 Å². The van der Waals surface area contributed by atoms with Gasteiger partial charge in [0.05, 0.1) is 17.1 Å². The molecule has 0 atom stereocenters. The fourth-order valence-corrected chi connectivity index (χ4v) is 12.3. The second-order valence-corrected chi connectivity index (χ2v) is 20.0. The molecule has 0 bridgehead atoms. The summed E-state index contributed by atoms with van der Waals surface area (Å²) in [6.07, 6.45) is 0. The number of para-hydroxylation sites is 3. The molecule has 0 fully saturated rings. The maximum absolute atomic E-state index is 6.92. The molecule has 15 rings (SSSR count). The second kappa shape index (κ2) is 15.4. The van der Waals surface area contributed by atoms with Gasteiger partial charge in [0.15, 0.2) is 5.58 Å². The standard InChI is InChI=1S/C69H46N2O/c1-69(2)58-25-14-20-45-28-29-48-39-53(42-59(69)67(48)66(45)58)70(51-21-10-5-11-22-51)60-36-32-46-31-35-57-61(37-33-47-30-34-56(60)64(46)65(47)57)71(62-26-15-24-55-54-23-12-13-27-63(54)72-68(55)62)52-40-49(43-16-6-3-7-17-43)38-50(41-52)44-18-8-4-9-19-44/h3-42H,1-2H3. The third-order valence-electron chi connectivity index (χ3n) is 15.7. The van der Waals surface area contributed by atoms with Crippen LogP contribution in [0.1, 0.15) is 25.0 Å². The van der Waals surface area contributed by atoms with Crippen molar-refractivity contribution in [3.8, 4) is 22.3 Å². The smallest absolute Gasteiger partial charge is 0.159 e. The molecule has 3 heteroatoms. The summed E-state index contributed by atoms with van der Waals surface area (Å²) in [6.45, 7) is 4.78. The summed E-state index contributed by atoms with van der Waals surface area (Å²) in [7, 11) is 0. The topological polar surface area (TPSA) is 19.6 Å². The largest absolute Gasteiger partial charge is 0.454 e. The first-order chi connectivity index (χ1) is 35.5. The molecule has 0 saturated heterocycles. The molecule has 3 nitrogen and oxygen atoms in total. The number of anilines is 6. The third kappa shape index (κ3) is 5.98. The van der Waals surface area contributed by atoms with E-state index in [2.05, 4.69) is 266 Å². The van der Waals surface area contributed by atoms with Crippen molar-refractivity contribution in [2.75, 3.05) is 9.80 Å². The molecular formula is C69H46N2O. The van der Waals surface area contributed by atoms with E-state index in [-0.39, 0.29) is 5.41 Å². The summed E-state index contributed by atoms with van der Waals surface area (Å²) >= 11 is 0. The molecule has 0 aliphatic heterocycles. The average molecular weight is 919 g/mol. The lowest BCUT2D eigenvalue weighted by Gasteiger charge is -2.30. The Hall–Kier alpha value is -9.18. The van der Waals surface area contributed by atoms with Crippen LogP contribution in [0.15, 0.2) is 247 Å². The number of nitrogens with zero attached hydrogens (tertiary/aromatic N) is 2. The number of hydrogen-bond acceptors (Lipinski definition) is 3. The van der Waals surface area contributed by atoms with Crippen LogP contribution in [0.4, 0.5) is 34.1 Å². The van der Waals surface area contributed by atoms with Gasteiger partial charge in [-0.25, -0.2) is 0 Å². The van der Waals surface area contributed by atoms with Crippen LogP contribution >= 0.6 is 0 Å². The van der Waals surface area contributed by atoms with E-state index in [0.717, 1.165) is 83.7 Å². The highest BCUT2D eigenvalue weighted by molar-refractivity contribution is 6.29. The van der Waals surface area contributed by atoms with Crippen molar-refractivity contribution in [3.63, 3.8) is 0 Å². The van der Waals surface area contributed by atoms with Gasteiger partial charge in [0.25, 0.3) is 0 Å². The maximum atomic E-state index is 6.92. The predicted molar refractivity (Wildman–Crippen MR) is 305 cm³/mol. The van der Waals surface area contributed by atoms with Gasteiger partial charge in [0, 0.05) is 44.0 Å². The van der Waals surface area contributed by atoms with E-state index in [0.29, 0.717) is 0 Å². The molecule has 0 N–H and O–H groups in total. The third-order valence-corrected chi connectivity index (χ3v) is 15.7. The summed E-state index contributed by atoms with van der Waals surface area (Å²) in [5.41, 5.74) is 15.4. The Balaban J connectivity index is 0.995. The van der Waals surface area contributed by atoms with Crippen molar-refractivity contribution >= 4 is 110 Å². The Bertz CT molecular complexity index is 4420. The van der Waals surface area contributed by atoms with Crippen molar-refractivity contribution in [2.45, 2.75) is 19.3 Å². The van der Waals surface area contributed by atoms with Gasteiger partial charge in [-0.3, -0.25) is 0 Å². The second-order valence-electron chi connectivity index (χ2n) is 20.0. The van der Waals surface area contributed by atoms with Gasteiger partial charge in [-0.15, -0.1) is 0 Å². The van der Waals surface area contributed by atoms with Crippen molar-refractivity contribution in [1.82, 2.24) is 0 Å². The van der Waals surface area contributed by atoms with Gasteiger partial charge in [-0.2, -0.15) is 0 Å². The number of benzene rings is 13. The fraction of sp³-hybridized carbons (Fsp3) is 0.0435. The SMILES string of the molecule is CC1(C)c2cccc3ccc4cc(N(c5ccccc5)c5ccc6ccc7c(N(c8cc(-c9ccccc9)cc(-c9ccccc9)c8)c8cccc9c8oc8ccccc89)ccc8ccc5c6c87)cc1c4c23. The highest BCUT2D eigenvalue weighted by atomic mass is 16.3. The van der Waals surface area contributed by atoms with E-state index in [9.17, 15) is 0 Å². The van der Waals surface area contributed by atoms with Crippen molar-refractivity contribution in [2.24, 2.45) is 0 Å².